The Morgan fingerprint density at radius 3 is 2.63 bits per heavy atom. The van der Waals surface area contributed by atoms with Crippen molar-refractivity contribution in [1.82, 2.24) is 15.3 Å². The Hall–Kier alpha value is -0.780. The molecule has 1 atom stereocenters. The molecule has 19 heavy (non-hydrogen) atoms. The molecule has 2 rings (SSSR count). The second-order valence-electron chi connectivity index (χ2n) is 4.31. The third-order valence-corrected chi connectivity index (χ3v) is 3.82. The summed E-state index contributed by atoms with van der Waals surface area (Å²) in [5, 5.41) is 3.45. The molecule has 2 aromatic rings. The summed E-state index contributed by atoms with van der Waals surface area (Å²) in [4.78, 5) is 8.79. The van der Waals surface area contributed by atoms with Crippen molar-refractivity contribution in [3.05, 3.63) is 56.5 Å². The van der Waals surface area contributed by atoms with Crippen molar-refractivity contribution in [3.63, 3.8) is 0 Å². The van der Waals surface area contributed by atoms with E-state index < -0.39 is 0 Å². The van der Waals surface area contributed by atoms with Crippen LogP contribution in [-0.2, 0) is 0 Å². The highest BCUT2D eigenvalue weighted by molar-refractivity contribution is 9.11. The predicted molar refractivity (Wildman–Crippen MR) is 84.1 cm³/mol. The summed E-state index contributed by atoms with van der Waals surface area (Å²) in [5.74, 6) is 0. The van der Waals surface area contributed by atoms with Gasteiger partial charge in [0.15, 0.2) is 0 Å². The molecule has 2 aromatic heterocycles. The molecule has 0 aliphatic carbocycles. The van der Waals surface area contributed by atoms with Gasteiger partial charge in [-0.3, -0.25) is 9.97 Å². The zero-order valence-electron chi connectivity index (χ0n) is 10.8. The number of pyridine rings is 2. The molecule has 0 aromatic carbocycles. The molecule has 3 nitrogen and oxygen atoms in total. The molecule has 1 N–H and O–H groups in total. The van der Waals surface area contributed by atoms with Gasteiger partial charge in [-0.2, -0.15) is 0 Å². The lowest BCUT2D eigenvalue weighted by Crippen LogP contribution is -2.23. The van der Waals surface area contributed by atoms with E-state index in [9.17, 15) is 0 Å². The number of aryl methyl sites for hydroxylation is 1. The van der Waals surface area contributed by atoms with Crippen LogP contribution in [0.1, 0.15) is 29.8 Å². The topological polar surface area (TPSA) is 37.8 Å². The van der Waals surface area contributed by atoms with Crippen molar-refractivity contribution in [1.29, 1.82) is 0 Å². The van der Waals surface area contributed by atoms with E-state index in [0.717, 1.165) is 32.3 Å². The first-order valence-electron chi connectivity index (χ1n) is 6.07. The van der Waals surface area contributed by atoms with Crippen molar-refractivity contribution in [2.24, 2.45) is 0 Å². The van der Waals surface area contributed by atoms with Crippen LogP contribution in [0.3, 0.4) is 0 Å². The van der Waals surface area contributed by atoms with E-state index in [1.807, 2.05) is 31.6 Å². The lowest BCUT2D eigenvalue weighted by molar-refractivity contribution is 0.610. The maximum Gasteiger partial charge on any atom is 0.0777 e. The number of halogens is 2. The zero-order valence-corrected chi connectivity index (χ0v) is 14.0. The SMILES string of the molecule is CCNC(c1cncc(C)c1)c1ncc(Br)cc1Br. The van der Waals surface area contributed by atoms with Crippen LogP contribution in [0.5, 0.6) is 0 Å². The van der Waals surface area contributed by atoms with Gasteiger partial charge in [-0.05, 0) is 62.5 Å². The largest absolute Gasteiger partial charge is 0.305 e. The van der Waals surface area contributed by atoms with E-state index in [4.69, 9.17) is 0 Å². The first kappa shape index (κ1) is 14.6. The fourth-order valence-corrected chi connectivity index (χ4v) is 3.17. The van der Waals surface area contributed by atoms with Gasteiger partial charge in [-0.15, -0.1) is 0 Å². The molecule has 0 amide bonds. The van der Waals surface area contributed by atoms with E-state index in [-0.39, 0.29) is 6.04 Å². The zero-order chi connectivity index (χ0) is 13.8. The van der Waals surface area contributed by atoms with Gasteiger partial charge < -0.3 is 5.32 Å². The Bertz CT molecular complexity index is 572. The van der Waals surface area contributed by atoms with Crippen LogP contribution in [0, 0.1) is 6.92 Å². The molecule has 1 unspecified atom stereocenters. The van der Waals surface area contributed by atoms with Crippen LogP contribution >= 0.6 is 31.9 Å². The molecule has 100 valence electrons. The van der Waals surface area contributed by atoms with E-state index in [2.05, 4.69) is 60.1 Å². The molecule has 5 heteroatoms. The van der Waals surface area contributed by atoms with Gasteiger partial charge in [0.05, 0.1) is 11.7 Å². The highest BCUT2D eigenvalue weighted by Crippen LogP contribution is 2.28. The van der Waals surface area contributed by atoms with Gasteiger partial charge in [-0.25, -0.2) is 0 Å². The van der Waals surface area contributed by atoms with Crippen molar-refractivity contribution in [2.75, 3.05) is 6.54 Å². The molecule has 0 fully saturated rings. The quantitative estimate of drug-likeness (QED) is 0.865. The summed E-state index contributed by atoms with van der Waals surface area (Å²) in [5.41, 5.74) is 3.24. The normalized spacial score (nSPS) is 12.4. The average Bonchev–Trinajstić information content (AvgIpc) is 2.37. The van der Waals surface area contributed by atoms with E-state index >= 15 is 0 Å². The highest BCUT2D eigenvalue weighted by atomic mass is 79.9. The summed E-state index contributed by atoms with van der Waals surface area (Å²) in [7, 11) is 0. The summed E-state index contributed by atoms with van der Waals surface area (Å²) < 4.78 is 1.94. The van der Waals surface area contributed by atoms with Gasteiger partial charge in [0.25, 0.3) is 0 Å². The minimum atomic E-state index is 0.0416. The lowest BCUT2D eigenvalue weighted by Gasteiger charge is -2.19. The summed E-state index contributed by atoms with van der Waals surface area (Å²) in [6, 6.07) is 4.19. The van der Waals surface area contributed by atoms with Gasteiger partial charge in [-0.1, -0.05) is 13.0 Å². The maximum absolute atomic E-state index is 4.52. The van der Waals surface area contributed by atoms with Crippen molar-refractivity contribution >= 4 is 31.9 Å². The molecule has 0 spiro atoms. The Kier molecular flexibility index (Phi) is 5.07. The smallest absolute Gasteiger partial charge is 0.0777 e. The van der Waals surface area contributed by atoms with Crippen molar-refractivity contribution in [3.8, 4) is 0 Å². The number of aromatic nitrogens is 2. The molecule has 0 saturated carbocycles. The fourth-order valence-electron chi connectivity index (χ4n) is 1.95. The van der Waals surface area contributed by atoms with Crippen LogP contribution in [0.15, 0.2) is 39.7 Å². The van der Waals surface area contributed by atoms with Crippen LogP contribution in [0.2, 0.25) is 0 Å². The minimum Gasteiger partial charge on any atom is -0.305 e. The number of hydrogen-bond acceptors (Lipinski definition) is 3. The van der Waals surface area contributed by atoms with Crippen LogP contribution < -0.4 is 5.32 Å². The Morgan fingerprint density at radius 1 is 1.21 bits per heavy atom. The molecule has 0 saturated heterocycles. The Morgan fingerprint density at radius 2 is 2.00 bits per heavy atom. The number of nitrogens with one attached hydrogen (secondary N) is 1. The summed E-state index contributed by atoms with van der Waals surface area (Å²) in [6.45, 7) is 5.00. The minimum absolute atomic E-state index is 0.0416. The molecule has 0 bridgehead atoms. The molecule has 0 aliphatic heterocycles. The van der Waals surface area contributed by atoms with Gasteiger partial charge >= 0.3 is 0 Å². The third kappa shape index (κ3) is 3.61. The molecule has 0 aliphatic rings. The number of rotatable bonds is 4. The Labute approximate surface area is 130 Å². The van der Waals surface area contributed by atoms with Crippen LogP contribution in [0.4, 0.5) is 0 Å². The monoisotopic (exact) mass is 383 g/mol. The molecule has 0 radical (unpaired) electrons. The first-order valence-corrected chi connectivity index (χ1v) is 7.66. The molecular formula is C14H15Br2N3. The van der Waals surface area contributed by atoms with Gasteiger partial charge in [0.1, 0.15) is 0 Å². The van der Waals surface area contributed by atoms with Crippen molar-refractivity contribution in [2.45, 2.75) is 19.9 Å². The second-order valence-corrected chi connectivity index (χ2v) is 6.08. The predicted octanol–water partition coefficient (Wildman–Crippen LogP) is 4.01. The van der Waals surface area contributed by atoms with Gasteiger partial charge in [0.2, 0.25) is 0 Å². The number of hydrogen-bond donors (Lipinski definition) is 1. The van der Waals surface area contributed by atoms with E-state index in [0.29, 0.717) is 0 Å². The maximum atomic E-state index is 4.52. The van der Waals surface area contributed by atoms with E-state index in [1.165, 1.54) is 0 Å². The number of nitrogens with zero attached hydrogens (tertiary/aromatic N) is 2. The summed E-state index contributed by atoms with van der Waals surface area (Å²) >= 11 is 7.01. The standard InChI is InChI=1S/C14H15Br2N3/c1-3-18-13(10-4-9(2)6-17-7-10)14-12(16)5-11(15)8-19-14/h4-8,13,18H,3H2,1-2H3. The lowest BCUT2D eigenvalue weighted by atomic mass is 10.0. The third-order valence-electron chi connectivity index (χ3n) is 2.75. The van der Waals surface area contributed by atoms with Crippen LogP contribution in [-0.4, -0.2) is 16.5 Å². The van der Waals surface area contributed by atoms with E-state index in [1.54, 1.807) is 0 Å². The van der Waals surface area contributed by atoms with Gasteiger partial charge in [0, 0.05) is 27.5 Å². The Balaban J connectivity index is 2.45. The van der Waals surface area contributed by atoms with Crippen LogP contribution in [0.25, 0.3) is 0 Å². The second kappa shape index (κ2) is 6.59. The molecular weight excluding hydrogens is 370 g/mol. The molecule has 2 heterocycles. The summed E-state index contributed by atoms with van der Waals surface area (Å²) in [6.07, 6.45) is 5.56. The average molecular weight is 385 g/mol. The fraction of sp³-hybridized carbons (Fsp3) is 0.286. The highest BCUT2D eigenvalue weighted by Gasteiger charge is 2.18. The van der Waals surface area contributed by atoms with Crippen molar-refractivity contribution < 1.29 is 0 Å². The first-order chi connectivity index (χ1) is 9.11.